The van der Waals surface area contributed by atoms with Gasteiger partial charge in [-0.15, -0.1) is 0 Å². The summed E-state index contributed by atoms with van der Waals surface area (Å²) in [6, 6.07) is 8.00. The lowest BCUT2D eigenvalue weighted by Crippen LogP contribution is -2.38. The van der Waals surface area contributed by atoms with Gasteiger partial charge in [0, 0.05) is 32.6 Å². The largest absolute Gasteiger partial charge is 0.444 e. The van der Waals surface area contributed by atoms with Gasteiger partial charge in [0.25, 0.3) is 0 Å². The van der Waals surface area contributed by atoms with Crippen LogP contribution in [-0.4, -0.2) is 53.8 Å². The quantitative estimate of drug-likeness (QED) is 0.316. The Morgan fingerprint density at radius 2 is 1.96 bits per heavy atom. The van der Waals surface area contributed by atoms with Gasteiger partial charge < -0.3 is 25.7 Å². The summed E-state index contributed by atoms with van der Waals surface area (Å²) >= 11 is 0. The van der Waals surface area contributed by atoms with Crippen molar-refractivity contribution in [1.82, 2.24) is 25.9 Å². The third kappa shape index (κ3) is 7.85. The van der Waals surface area contributed by atoms with E-state index in [1.54, 1.807) is 0 Å². The summed E-state index contributed by atoms with van der Waals surface area (Å²) in [5.74, 6) is 1.71. The summed E-state index contributed by atoms with van der Waals surface area (Å²) in [4.78, 5) is 24.0. The number of imidazole rings is 1. The minimum atomic E-state index is -0.482. The van der Waals surface area contributed by atoms with Gasteiger partial charge in [-0.25, -0.2) is 9.78 Å². The highest BCUT2D eigenvalue weighted by Crippen LogP contribution is 2.10. The van der Waals surface area contributed by atoms with Crippen molar-refractivity contribution in [3.63, 3.8) is 0 Å². The summed E-state index contributed by atoms with van der Waals surface area (Å²) < 4.78 is 5.20. The number of aromatic nitrogens is 2. The number of ether oxygens (including phenoxy) is 1. The molecule has 4 N–H and O–H groups in total. The number of nitrogens with zero attached hydrogens (tertiary/aromatic N) is 2. The molecule has 0 fully saturated rings. The number of alkyl carbamates (subject to hydrolysis) is 1. The molecule has 154 valence electrons. The van der Waals surface area contributed by atoms with Gasteiger partial charge in [0.2, 0.25) is 0 Å². The van der Waals surface area contributed by atoms with Gasteiger partial charge in [-0.2, -0.15) is 0 Å². The Kier molecular flexibility index (Phi) is 8.10. The first-order valence-corrected chi connectivity index (χ1v) is 9.80. The average Bonchev–Trinajstić information content (AvgIpc) is 3.02. The first-order chi connectivity index (χ1) is 13.4. The van der Waals surface area contributed by atoms with Crippen LogP contribution in [0.2, 0.25) is 0 Å². The van der Waals surface area contributed by atoms with Crippen molar-refractivity contribution in [2.24, 2.45) is 4.99 Å². The van der Waals surface area contributed by atoms with E-state index in [1.165, 1.54) is 0 Å². The normalized spacial score (nSPS) is 12.1. The van der Waals surface area contributed by atoms with E-state index in [9.17, 15) is 4.79 Å². The zero-order chi connectivity index (χ0) is 20.4. The zero-order valence-electron chi connectivity index (χ0n) is 17.3. The molecule has 0 saturated carbocycles. The number of hydrogen-bond acceptors (Lipinski definition) is 4. The molecule has 8 nitrogen and oxygen atoms in total. The van der Waals surface area contributed by atoms with Crippen molar-refractivity contribution in [2.75, 3.05) is 26.2 Å². The summed E-state index contributed by atoms with van der Waals surface area (Å²) in [6.45, 7) is 10.2. The third-order valence-corrected chi connectivity index (χ3v) is 3.71. The number of carbonyl (C=O) groups excluding carboxylic acids is 1. The van der Waals surface area contributed by atoms with Gasteiger partial charge in [0.1, 0.15) is 11.4 Å². The van der Waals surface area contributed by atoms with Gasteiger partial charge in [-0.05, 0) is 46.2 Å². The molecule has 1 heterocycles. The topological polar surface area (TPSA) is 103 Å². The molecule has 0 aliphatic heterocycles. The van der Waals surface area contributed by atoms with E-state index in [1.807, 2.05) is 52.0 Å². The minimum absolute atomic E-state index is 0.396. The third-order valence-electron chi connectivity index (χ3n) is 3.71. The summed E-state index contributed by atoms with van der Waals surface area (Å²) in [5, 5.41) is 9.27. The molecular formula is C20H32N6O2. The molecule has 0 spiro atoms. The highest BCUT2D eigenvalue weighted by molar-refractivity contribution is 5.79. The molecule has 0 unspecified atom stereocenters. The first-order valence-electron chi connectivity index (χ1n) is 9.80. The predicted octanol–water partition coefficient (Wildman–Crippen LogP) is 2.58. The Balaban J connectivity index is 1.70. The Bertz CT molecular complexity index is 745. The summed E-state index contributed by atoms with van der Waals surface area (Å²) in [5.41, 5.74) is 1.55. The number of hydrogen-bond donors (Lipinski definition) is 4. The molecule has 1 aromatic heterocycles. The standard InChI is InChI=1S/C20H32N6O2/c1-5-21-18(22-12-8-13-24-19(27)28-20(2,3)4)23-14-11-17-25-15-9-6-7-10-16(15)26-17/h6-7,9-10H,5,8,11-14H2,1-4H3,(H,24,27)(H,25,26)(H2,21,22,23). The number of benzene rings is 1. The number of amides is 1. The van der Waals surface area contributed by atoms with Gasteiger partial charge >= 0.3 is 6.09 Å². The zero-order valence-corrected chi connectivity index (χ0v) is 17.3. The Morgan fingerprint density at radius 1 is 1.18 bits per heavy atom. The van der Waals surface area contributed by atoms with Crippen LogP contribution >= 0.6 is 0 Å². The molecule has 0 aliphatic carbocycles. The van der Waals surface area contributed by atoms with Crippen LogP contribution in [-0.2, 0) is 11.2 Å². The Labute approximate surface area is 166 Å². The number of nitrogens with one attached hydrogen (secondary N) is 4. The van der Waals surface area contributed by atoms with Crippen LogP contribution in [0.1, 0.15) is 39.9 Å². The SMILES string of the molecule is CCNC(=NCCCNC(=O)OC(C)(C)C)NCCc1nc2ccccc2[nH]1. The van der Waals surface area contributed by atoms with E-state index in [-0.39, 0.29) is 0 Å². The smallest absolute Gasteiger partial charge is 0.407 e. The molecule has 1 amide bonds. The maximum Gasteiger partial charge on any atom is 0.407 e. The molecule has 28 heavy (non-hydrogen) atoms. The van der Waals surface area contributed by atoms with Gasteiger partial charge in [-0.1, -0.05) is 12.1 Å². The molecule has 0 atom stereocenters. The van der Waals surface area contributed by atoms with Crippen molar-refractivity contribution in [2.45, 2.75) is 46.1 Å². The lowest BCUT2D eigenvalue weighted by molar-refractivity contribution is 0.0527. The Morgan fingerprint density at radius 3 is 2.68 bits per heavy atom. The van der Waals surface area contributed by atoms with Crippen LogP contribution in [0, 0.1) is 0 Å². The van der Waals surface area contributed by atoms with E-state index in [4.69, 9.17) is 4.74 Å². The van der Waals surface area contributed by atoms with E-state index >= 15 is 0 Å². The summed E-state index contributed by atoms with van der Waals surface area (Å²) in [6.07, 6.45) is 1.12. The van der Waals surface area contributed by atoms with Crippen LogP contribution in [0.4, 0.5) is 4.79 Å². The fourth-order valence-electron chi connectivity index (χ4n) is 2.54. The maximum absolute atomic E-state index is 11.6. The number of rotatable bonds is 8. The second kappa shape index (κ2) is 10.5. The highest BCUT2D eigenvalue weighted by atomic mass is 16.6. The van der Waals surface area contributed by atoms with Crippen molar-refractivity contribution in [3.8, 4) is 0 Å². The first kappa shape index (κ1) is 21.5. The molecule has 1 aromatic carbocycles. The van der Waals surface area contributed by atoms with Crippen LogP contribution in [0.5, 0.6) is 0 Å². The van der Waals surface area contributed by atoms with Crippen LogP contribution in [0.15, 0.2) is 29.3 Å². The number of aromatic amines is 1. The number of guanidine groups is 1. The lowest BCUT2D eigenvalue weighted by Gasteiger charge is -2.19. The fourth-order valence-corrected chi connectivity index (χ4v) is 2.54. The van der Waals surface area contributed by atoms with Crippen LogP contribution < -0.4 is 16.0 Å². The molecule has 8 heteroatoms. The van der Waals surface area contributed by atoms with Crippen molar-refractivity contribution < 1.29 is 9.53 Å². The van der Waals surface area contributed by atoms with Crippen molar-refractivity contribution in [3.05, 3.63) is 30.1 Å². The van der Waals surface area contributed by atoms with Crippen molar-refractivity contribution >= 4 is 23.1 Å². The Hall–Kier alpha value is -2.77. The number of aliphatic imine (C=N–C) groups is 1. The fraction of sp³-hybridized carbons (Fsp3) is 0.550. The van der Waals surface area contributed by atoms with Gasteiger partial charge in [-0.3, -0.25) is 4.99 Å². The molecule has 0 saturated heterocycles. The lowest BCUT2D eigenvalue weighted by atomic mass is 10.2. The van der Waals surface area contributed by atoms with E-state index in [0.717, 1.165) is 48.7 Å². The second-order valence-corrected chi connectivity index (χ2v) is 7.42. The van der Waals surface area contributed by atoms with E-state index < -0.39 is 11.7 Å². The molecule has 2 rings (SSSR count). The van der Waals surface area contributed by atoms with Crippen LogP contribution in [0.3, 0.4) is 0 Å². The van der Waals surface area contributed by atoms with E-state index in [0.29, 0.717) is 13.1 Å². The summed E-state index contributed by atoms with van der Waals surface area (Å²) in [7, 11) is 0. The minimum Gasteiger partial charge on any atom is -0.444 e. The number of fused-ring (bicyclic) bond motifs is 1. The molecule has 0 aliphatic rings. The van der Waals surface area contributed by atoms with E-state index in [2.05, 4.69) is 30.9 Å². The molecular weight excluding hydrogens is 356 g/mol. The maximum atomic E-state index is 11.6. The number of carbonyl (C=O) groups is 1. The second-order valence-electron chi connectivity index (χ2n) is 7.42. The van der Waals surface area contributed by atoms with Crippen molar-refractivity contribution in [1.29, 1.82) is 0 Å². The van der Waals surface area contributed by atoms with Gasteiger partial charge in [0.15, 0.2) is 5.96 Å². The number of H-pyrrole nitrogens is 1. The monoisotopic (exact) mass is 388 g/mol. The van der Waals surface area contributed by atoms with Crippen LogP contribution in [0.25, 0.3) is 11.0 Å². The average molecular weight is 389 g/mol. The molecule has 0 bridgehead atoms. The predicted molar refractivity (Wildman–Crippen MR) is 113 cm³/mol. The molecule has 2 aromatic rings. The van der Waals surface area contributed by atoms with Gasteiger partial charge in [0.05, 0.1) is 11.0 Å². The highest BCUT2D eigenvalue weighted by Gasteiger charge is 2.15. The molecule has 0 radical (unpaired) electrons. The number of para-hydroxylation sites is 2.